The zero-order valence-corrected chi connectivity index (χ0v) is 15.6. The minimum absolute atomic E-state index is 0.000484. The summed E-state index contributed by atoms with van der Waals surface area (Å²) < 4.78 is 37.0. The van der Waals surface area contributed by atoms with Crippen LogP contribution in [-0.4, -0.2) is 46.7 Å². The zero-order chi connectivity index (χ0) is 19.3. The van der Waals surface area contributed by atoms with E-state index in [4.69, 9.17) is 5.73 Å². The number of hydrogen-bond acceptors (Lipinski definition) is 7. The summed E-state index contributed by atoms with van der Waals surface area (Å²) >= 11 is 0. The van der Waals surface area contributed by atoms with Gasteiger partial charge in [0.2, 0.25) is 10.0 Å². The largest absolute Gasteiger partial charge is 0.465 e. The SMILES string of the molecule is CCC(N)(CC)CNS(=O)(=O)c1cc(C(=O)OC)ccc1C(=O)OC. The van der Waals surface area contributed by atoms with E-state index in [2.05, 4.69) is 14.2 Å². The molecule has 0 unspecified atom stereocenters. The van der Waals surface area contributed by atoms with Crippen molar-refractivity contribution in [1.29, 1.82) is 0 Å². The Bertz CT molecular complexity index is 741. The van der Waals surface area contributed by atoms with Crippen LogP contribution < -0.4 is 10.5 Å². The van der Waals surface area contributed by atoms with Crippen LogP contribution in [0.25, 0.3) is 0 Å². The molecule has 0 amide bonds. The second-order valence-corrected chi connectivity index (χ2v) is 7.32. The van der Waals surface area contributed by atoms with E-state index in [9.17, 15) is 18.0 Å². The van der Waals surface area contributed by atoms with E-state index in [1.54, 1.807) is 0 Å². The number of nitrogens with two attached hydrogens (primary N) is 1. The Balaban J connectivity index is 3.34. The first-order chi connectivity index (χ1) is 11.6. The van der Waals surface area contributed by atoms with Crippen LogP contribution in [0, 0.1) is 0 Å². The molecule has 8 nitrogen and oxygen atoms in total. The first-order valence-corrected chi connectivity index (χ1v) is 9.21. The summed E-state index contributed by atoms with van der Waals surface area (Å²) in [5.41, 5.74) is 5.22. The number of carbonyl (C=O) groups excluding carboxylic acids is 2. The Morgan fingerprint density at radius 1 is 1.12 bits per heavy atom. The van der Waals surface area contributed by atoms with E-state index >= 15 is 0 Å². The van der Waals surface area contributed by atoms with Crippen molar-refractivity contribution in [3.63, 3.8) is 0 Å². The molecule has 3 N–H and O–H groups in total. The average molecular weight is 372 g/mol. The van der Waals surface area contributed by atoms with Gasteiger partial charge in [-0.1, -0.05) is 13.8 Å². The van der Waals surface area contributed by atoms with Crippen LogP contribution in [0.4, 0.5) is 0 Å². The first-order valence-electron chi connectivity index (χ1n) is 7.73. The molecule has 0 aliphatic heterocycles. The molecule has 0 aliphatic carbocycles. The molecule has 0 heterocycles. The maximum absolute atomic E-state index is 12.7. The number of esters is 2. The molecule has 0 saturated heterocycles. The Morgan fingerprint density at radius 2 is 1.68 bits per heavy atom. The summed E-state index contributed by atoms with van der Waals surface area (Å²) in [7, 11) is -1.79. The first kappa shape index (κ1) is 21.1. The van der Waals surface area contributed by atoms with E-state index in [0.29, 0.717) is 12.8 Å². The van der Waals surface area contributed by atoms with E-state index < -0.39 is 27.5 Å². The minimum Gasteiger partial charge on any atom is -0.465 e. The topological polar surface area (TPSA) is 125 Å². The van der Waals surface area contributed by atoms with Crippen molar-refractivity contribution < 1.29 is 27.5 Å². The molecule has 0 atom stereocenters. The Hall–Kier alpha value is -1.97. The van der Waals surface area contributed by atoms with Gasteiger partial charge in [0.05, 0.1) is 30.2 Å². The van der Waals surface area contributed by atoms with E-state index in [1.165, 1.54) is 19.2 Å². The summed E-state index contributed by atoms with van der Waals surface area (Å²) in [6.07, 6.45) is 1.14. The normalized spacial score (nSPS) is 11.9. The number of benzene rings is 1. The highest BCUT2D eigenvalue weighted by atomic mass is 32.2. The second-order valence-electron chi connectivity index (χ2n) is 5.59. The van der Waals surface area contributed by atoms with Crippen molar-refractivity contribution in [3.05, 3.63) is 29.3 Å². The van der Waals surface area contributed by atoms with Crippen molar-refractivity contribution in [2.75, 3.05) is 20.8 Å². The Labute approximate surface area is 147 Å². The lowest BCUT2D eigenvalue weighted by molar-refractivity contribution is 0.0583. The predicted octanol–water partition coefficient (Wildman–Crippen LogP) is 1.06. The third-order valence-electron chi connectivity index (χ3n) is 4.12. The molecule has 1 rings (SSSR count). The molecule has 9 heteroatoms. The summed E-state index contributed by atoms with van der Waals surface area (Å²) in [4.78, 5) is 23.2. The van der Waals surface area contributed by atoms with Gasteiger partial charge < -0.3 is 15.2 Å². The fourth-order valence-corrected chi connectivity index (χ4v) is 3.44. The molecular weight excluding hydrogens is 348 g/mol. The summed E-state index contributed by atoms with van der Waals surface area (Å²) in [6.45, 7) is 3.70. The third kappa shape index (κ3) is 5.00. The third-order valence-corrected chi connectivity index (χ3v) is 5.56. The number of nitrogens with one attached hydrogen (secondary N) is 1. The van der Waals surface area contributed by atoms with Gasteiger partial charge >= 0.3 is 11.9 Å². The maximum atomic E-state index is 12.7. The number of methoxy groups -OCH3 is 2. The molecule has 0 radical (unpaired) electrons. The molecule has 1 aromatic rings. The van der Waals surface area contributed by atoms with Crippen molar-refractivity contribution in [1.82, 2.24) is 4.72 Å². The fraction of sp³-hybridized carbons (Fsp3) is 0.500. The number of rotatable bonds is 8. The number of hydrogen-bond donors (Lipinski definition) is 2. The lowest BCUT2D eigenvalue weighted by atomic mass is 9.95. The van der Waals surface area contributed by atoms with Crippen molar-refractivity contribution in [3.8, 4) is 0 Å². The smallest absolute Gasteiger partial charge is 0.339 e. The lowest BCUT2D eigenvalue weighted by Crippen LogP contribution is -2.49. The van der Waals surface area contributed by atoms with Crippen LogP contribution >= 0.6 is 0 Å². The molecule has 0 aliphatic rings. The van der Waals surface area contributed by atoms with Gasteiger partial charge in [0.1, 0.15) is 0 Å². The van der Waals surface area contributed by atoms with E-state index in [1.807, 2.05) is 13.8 Å². The Morgan fingerprint density at radius 3 is 2.16 bits per heavy atom. The van der Waals surface area contributed by atoms with Crippen molar-refractivity contribution in [2.45, 2.75) is 37.1 Å². The van der Waals surface area contributed by atoms with Gasteiger partial charge in [0.25, 0.3) is 0 Å². The maximum Gasteiger partial charge on any atom is 0.339 e. The molecule has 0 bridgehead atoms. The average Bonchev–Trinajstić information content (AvgIpc) is 2.64. The minimum atomic E-state index is -4.10. The highest BCUT2D eigenvalue weighted by Crippen LogP contribution is 2.20. The van der Waals surface area contributed by atoms with Crippen LogP contribution in [0.15, 0.2) is 23.1 Å². The monoisotopic (exact) mass is 372 g/mol. The predicted molar refractivity (Wildman–Crippen MR) is 91.8 cm³/mol. The summed E-state index contributed by atoms with van der Waals surface area (Å²) in [5.74, 6) is -1.55. The van der Waals surface area contributed by atoms with Crippen LogP contribution in [-0.2, 0) is 19.5 Å². The summed E-state index contributed by atoms with van der Waals surface area (Å²) in [6, 6.07) is 3.58. The number of carbonyl (C=O) groups is 2. The second kappa shape index (κ2) is 8.41. The zero-order valence-electron chi connectivity index (χ0n) is 14.8. The molecule has 0 saturated carbocycles. The molecule has 0 aromatic heterocycles. The highest BCUT2D eigenvalue weighted by Gasteiger charge is 2.28. The van der Waals surface area contributed by atoms with Crippen LogP contribution in [0.1, 0.15) is 47.4 Å². The molecule has 0 spiro atoms. The van der Waals surface area contributed by atoms with Gasteiger partial charge in [0, 0.05) is 12.1 Å². The van der Waals surface area contributed by atoms with Gasteiger partial charge in [-0.3, -0.25) is 0 Å². The van der Waals surface area contributed by atoms with Crippen molar-refractivity contribution in [2.24, 2.45) is 5.73 Å². The van der Waals surface area contributed by atoms with Gasteiger partial charge in [0.15, 0.2) is 0 Å². The van der Waals surface area contributed by atoms with E-state index in [-0.39, 0.29) is 22.6 Å². The lowest BCUT2D eigenvalue weighted by Gasteiger charge is -2.26. The molecule has 140 valence electrons. The summed E-state index contributed by atoms with van der Waals surface area (Å²) in [5, 5.41) is 0. The van der Waals surface area contributed by atoms with Crippen LogP contribution in [0.3, 0.4) is 0 Å². The molecule has 0 fully saturated rings. The molecule has 1 aromatic carbocycles. The molecule has 25 heavy (non-hydrogen) atoms. The Kier molecular flexibility index (Phi) is 7.09. The number of ether oxygens (including phenoxy) is 2. The van der Waals surface area contributed by atoms with Gasteiger partial charge in [-0.25, -0.2) is 22.7 Å². The van der Waals surface area contributed by atoms with Gasteiger partial charge in [-0.15, -0.1) is 0 Å². The number of sulfonamides is 1. The van der Waals surface area contributed by atoms with Crippen molar-refractivity contribution >= 4 is 22.0 Å². The molecular formula is C16H24N2O6S. The van der Waals surface area contributed by atoms with E-state index in [0.717, 1.165) is 13.2 Å². The van der Waals surface area contributed by atoms with Crippen LogP contribution in [0.2, 0.25) is 0 Å². The fourth-order valence-electron chi connectivity index (χ4n) is 2.08. The van der Waals surface area contributed by atoms with Gasteiger partial charge in [-0.2, -0.15) is 0 Å². The quantitative estimate of drug-likeness (QED) is 0.654. The standard InChI is InChI=1S/C16H24N2O6S/c1-5-16(17,6-2)10-18-25(21,22)13-9-11(14(19)23-3)7-8-12(13)15(20)24-4/h7-9,18H,5-6,10,17H2,1-4H3. The van der Waals surface area contributed by atoms with Gasteiger partial charge in [-0.05, 0) is 31.0 Å². The highest BCUT2D eigenvalue weighted by molar-refractivity contribution is 7.89. The van der Waals surface area contributed by atoms with Crippen LogP contribution in [0.5, 0.6) is 0 Å².